The molecule has 1 aliphatic rings. The molecule has 0 saturated carbocycles. The number of hydroxylamine groups is 2. The van der Waals surface area contributed by atoms with Crippen molar-refractivity contribution in [3.8, 4) is 0 Å². The smallest absolute Gasteiger partial charge is 0.269 e. The van der Waals surface area contributed by atoms with Gasteiger partial charge >= 0.3 is 0 Å². The van der Waals surface area contributed by atoms with Crippen molar-refractivity contribution < 1.29 is 9.63 Å². The van der Waals surface area contributed by atoms with Gasteiger partial charge in [-0.1, -0.05) is 30.3 Å². The lowest BCUT2D eigenvalue weighted by atomic mass is 10.1. The Kier molecular flexibility index (Phi) is 2.66. The molecular weight excluding hydrogens is 234 g/mol. The minimum atomic E-state index is -0.398. The van der Waals surface area contributed by atoms with Gasteiger partial charge in [-0.25, -0.2) is 5.06 Å². The van der Waals surface area contributed by atoms with Crippen molar-refractivity contribution in [2.24, 2.45) is 0 Å². The van der Waals surface area contributed by atoms with Crippen LogP contribution in [0.2, 0.25) is 0 Å². The van der Waals surface area contributed by atoms with E-state index in [-0.39, 0.29) is 5.91 Å². The summed E-state index contributed by atoms with van der Waals surface area (Å²) in [5, 5.41) is 5.31. The lowest BCUT2D eigenvalue weighted by molar-refractivity contribution is -0.274. The van der Waals surface area contributed by atoms with Crippen LogP contribution in [0.1, 0.15) is 17.2 Å². The number of hydrogen-bond donors (Lipinski definition) is 0. The predicted octanol–water partition coefficient (Wildman–Crippen LogP) is 2.76. The molecule has 1 aromatic carbocycles. The molecule has 3 nitrogen and oxygen atoms in total. The molecule has 0 bridgehead atoms. The molecule has 17 heavy (non-hydrogen) atoms. The fraction of sp³-hybridized carbons (Fsp3) is 0.154. The van der Waals surface area contributed by atoms with Crippen LogP contribution in [0, 0.1) is 0 Å². The Morgan fingerprint density at radius 3 is 2.71 bits per heavy atom. The Bertz CT molecular complexity index is 509. The SMILES string of the molecule is O=C1C(c2ccsc2)ON1Cc1ccccc1. The molecule has 1 amide bonds. The fourth-order valence-corrected chi connectivity index (χ4v) is 2.47. The number of amides is 1. The van der Waals surface area contributed by atoms with Crippen molar-refractivity contribution in [3.05, 3.63) is 58.3 Å². The van der Waals surface area contributed by atoms with E-state index in [4.69, 9.17) is 4.84 Å². The Balaban J connectivity index is 1.65. The Hall–Kier alpha value is -1.65. The number of carbonyl (C=O) groups excluding carboxylic acids is 1. The van der Waals surface area contributed by atoms with Gasteiger partial charge in [0.05, 0.1) is 6.54 Å². The first-order valence-corrected chi connectivity index (χ1v) is 6.33. The normalized spacial score (nSPS) is 19.2. The first-order valence-electron chi connectivity index (χ1n) is 5.39. The molecule has 1 aromatic heterocycles. The van der Waals surface area contributed by atoms with Gasteiger partial charge in [-0.3, -0.25) is 9.63 Å². The largest absolute Gasteiger partial charge is 0.283 e. The number of benzene rings is 1. The van der Waals surface area contributed by atoms with Crippen molar-refractivity contribution in [2.75, 3.05) is 0 Å². The highest BCUT2D eigenvalue weighted by atomic mass is 32.1. The first-order chi connectivity index (χ1) is 8.34. The number of rotatable bonds is 3. The van der Waals surface area contributed by atoms with Crippen LogP contribution < -0.4 is 0 Å². The van der Waals surface area contributed by atoms with E-state index in [1.54, 1.807) is 11.3 Å². The third-order valence-corrected chi connectivity index (χ3v) is 3.42. The number of nitrogens with zero attached hydrogens (tertiary/aromatic N) is 1. The van der Waals surface area contributed by atoms with Crippen molar-refractivity contribution in [2.45, 2.75) is 12.6 Å². The molecule has 4 heteroatoms. The van der Waals surface area contributed by atoms with Crippen LogP contribution in [0.15, 0.2) is 47.2 Å². The summed E-state index contributed by atoms with van der Waals surface area (Å²) in [5.41, 5.74) is 2.02. The van der Waals surface area contributed by atoms with E-state index in [1.165, 1.54) is 5.06 Å². The molecule has 1 atom stereocenters. The maximum atomic E-state index is 11.9. The van der Waals surface area contributed by atoms with Gasteiger partial charge in [0.25, 0.3) is 5.91 Å². The van der Waals surface area contributed by atoms with Crippen LogP contribution in [-0.4, -0.2) is 11.0 Å². The second kappa shape index (κ2) is 4.31. The zero-order valence-electron chi connectivity index (χ0n) is 9.08. The quantitative estimate of drug-likeness (QED) is 0.832. The van der Waals surface area contributed by atoms with E-state index < -0.39 is 6.10 Å². The molecule has 2 aromatic rings. The fourth-order valence-electron chi connectivity index (χ4n) is 1.80. The zero-order valence-corrected chi connectivity index (χ0v) is 9.89. The average Bonchev–Trinajstić information content (AvgIpc) is 2.88. The van der Waals surface area contributed by atoms with Crippen LogP contribution in [0.4, 0.5) is 0 Å². The summed E-state index contributed by atoms with van der Waals surface area (Å²) < 4.78 is 0. The summed E-state index contributed by atoms with van der Waals surface area (Å²) in [6, 6.07) is 11.7. The predicted molar refractivity (Wildman–Crippen MR) is 65.1 cm³/mol. The third-order valence-electron chi connectivity index (χ3n) is 2.72. The Morgan fingerprint density at radius 1 is 1.24 bits per heavy atom. The monoisotopic (exact) mass is 245 g/mol. The van der Waals surface area contributed by atoms with Crippen molar-refractivity contribution >= 4 is 17.2 Å². The summed E-state index contributed by atoms with van der Waals surface area (Å²) in [6.45, 7) is 0.514. The molecule has 86 valence electrons. The highest BCUT2D eigenvalue weighted by molar-refractivity contribution is 7.08. The van der Waals surface area contributed by atoms with Crippen LogP contribution in [-0.2, 0) is 16.2 Å². The van der Waals surface area contributed by atoms with E-state index in [2.05, 4.69) is 0 Å². The molecule has 0 radical (unpaired) electrons. The summed E-state index contributed by atoms with van der Waals surface area (Å²) in [6.07, 6.45) is -0.398. The molecule has 1 aliphatic heterocycles. The molecule has 1 fully saturated rings. The molecule has 1 unspecified atom stereocenters. The molecule has 3 rings (SSSR count). The van der Waals surface area contributed by atoms with E-state index in [9.17, 15) is 4.79 Å². The summed E-state index contributed by atoms with van der Waals surface area (Å²) >= 11 is 1.57. The highest BCUT2D eigenvalue weighted by Gasteiger charge is 2.39. The van der Waals surface area contributed by atoms with Gasteiger partial charge in [-0.2, -0.15) is 11.3 Å². The van der Waals surface area contributed by atoms with Crippen LogP contribution >= 0.6 is 11.3 Å². The lowest BCUT2D eigenvalue weighted by Crippen LogP contribution is -2.47. The van der Waals surface area contributed by atoms with Crippen molar-refractivity contribution in [3.63, 3.8) is 0 Å². The van der Waals surface area contributed by atoms with Crippen molar-refractivity contribution in [1.82, 2.24) is 5.06 Å². The highest BCUT2D eigenvalue weighted by Crippen LogP contribution is 2.32. The molecule has 0 spiro atoms. The number of hydrogen-bond acceptors (Lipinski definition) is 3. The minimum absolute atomic E-state index is 0.0345. The van der Waals surface area contributed by atoms with Gasteiger partial charge in [0.2, 0.25) is 0 Å². The second-order valence-electron chi connectivity index (χ2n) is 3.90. The van der Waals surface area contributed by atoms with Gasteiger partial charge in [-0.05, 0) is 22.4 Å². The lowest BCUT2D eigenvalue weighted by Gasteiger charge is -2.36. The van der Waals surface area contributed by atoms with Crippen LogP contribution in [0.5, 0.6) is 0 Å². The van der Waals surface area contributed by atoms with Gasteiger partial charge in [0, 0.05) is 5.56 Å². The van der Waals surface area contributed by atoms with E-state index in [0.29, 0.717) is 6.54 Å². The maximum Gasteiger partial charge on any atom is 0.283 e. The number of carbonyl (C=O) groups is 1. The Labute approximate surface area is 103 Å². The van der Waals surface area contributed by atoms with Crippen molar-refractivity contribution in [1.29, 1.82) is 0 Å². The molecule has 0 aliphatic carbocycles. The van der Waals surface area contributed by atoms with Crippen LogP contribution in [0.25, 0.3) is 0 Å². The first kappa shape index (κ1) is 10.5. The van der Waals surface area contributed by atoms with E-state index >= 15 is 0 Å². The average molecular weight is 245 g/mol. The summed E-state index contributed by atoms with van der Waals surface area (Å²) in [4.78, 5) is 17.4. The minimum Gasteiger partial charge on any atom is -0.269 e. The molecule has 0 N–H and O–H groups in total. The molecule has 1 saturated heterocycles. The molecular formula is C13H11NO2S. The standard InChI is InChI=1S/C13H11NO2S/c15-13-12(11-6-7-17-9-11)16-14(13)8-10-4-2-1-3-5-10/h1-7,9,12H,8H2. The third kappa shape index (κ3) is 1.97. The summed E-state index contributed by atoms with van der Waals surface area (Å²) in [5.74, 6) is 0.0345. The van der Waals surface area contributed by atoms with Gasteiger partial charge < -0.3 is 0 Å². The van der Waals surface area contributed by atoms with E-state index in [1.807, 2.05) is 47.2 Å². The number of thiophene rings is 1. The second-order valence-corrected chi connectivity index (χ2v) is 4.68. The summed E-state index contributed by atoms with van der Waals surface area (Å²) in [7, 11) is 0. The topological polar surface area (TPSA) is 29.5 Å². The van der Waals surface area contributed by atoms with Gasteiger partial charge in [-0.15, -0.1) is 0 Å². The van der Waals surface area contributed by atoms with Gasteiger partial charge in [0.1, 0.15) is 0 Å². The maximum absolute atomic E-state index is 11.9. The van der Waals surface area contributed by atoms with E-state index in [0.717, 1.165) is 11.1 Å². The zero-order chi connectivity index (χ0) is 11.7. The Morgan fingerprint density at radius 2 is 2.06 bits per heavy atom. The van der Waals surface area contributed by atoms with Gasteiger partial charge in [0.15, 0.2) is 6.10 Å². The van der Waals surface area contributed by atoms with Crippen LogP contribution in [0.3, 0.4) is 0 Å². The molecule has 2 heterocycles.